The first-order valence-corrected chi connectivity index (χ1v) is 8.28. The largest absolute Gasteiger partial charge is 0.375 e. The van der Waals surface area contributed by atoms with Gasteiger partial charge in [-0.1, -0.05) is 60.7 Å². The number of ether oxygens (including phenoxy) is 1. The molecule has 23 heavy (non-hydrogen) atoms. The topological polar surface area (TPSA) is 29.5 Å². The first-order valence-electron chi connectivity index (χ1n) is 8.28. The predicted octanol–water partition coefficient (Wildman–Crippen LogP) is 3.78. The van der Waals surface area contributed by atoms with Crippen molar-refractivity contribution < 1.29 is 9.53 Å². The summed E-state index contributed by atoms with van der Waals surface area (Å²) in [7, 11) is 0. The fraction of sp³-hybridized carbons (Fsp3) is 0.350. The summed E-state index contributed by atoms with van der Waals surface area (Å²) in [5, 5.41) is 0. The standard InChI is InChI=1S/C20H23NO2/c22-20-13-7-12-19(16-23-15-18-10-5-2-6-11-18)21(20)14-17-8-3-1-4-9-17/h1-6,8-11,19H,7,12-16H2. The summed E-state index contributed by atoms with van der Waals surface area (Å²) in [5.41, 5.74) is 2.35. The molecule has 0 saturated carbocycles. The molecule has 1 unspecified atom stereocenters. The van der Waals surface area contributed by atoms with Gasteiger partial charge in [-0.25, -0.2) is 0 Å². The Balaban J connectivity index is 1.58. The fourth-order valence-corrected chi connectivity index (χ4v) is 3.05. The molecule has 0 bridgehead atoms. The maximum absolute atomic E-state index is 12.3. The van der Waals surface area contributed by atoms with E-state index in [-0.39, 0.29) is 11.9 Å². The van der Waals surface area contributed by atoms with Crippen molar-refractivity contribution in [3.8, 4) is 0 Å². The van der Waals surface area contributed by atoms with Crippen molar-refractivity contribution in [2.75, 3.05) is 6.61 Å². The van der Waals surface area contributed by atoms with Crippen LogP contribution in [0.1, 0.15) is 30.4 Å². The van der Waals surface area contributed by atoms with Crippen molar-refractivity contribution >= 4 is 5.91 Å². The van der Waals surface area contributed by atoms with E-state index in [9.17, 15) is 4.79 Å². The SMILES string of the molecule is O=C1CCCC(COCc2ccccc2)N1Cc1ccccc1. The van der Waals surface area contributed by atoms with Gasteiger partial charge >= 0.3 is 0 Å². The molecule has 0 radical (unpaired) electrons. The molecule has 2 aromatic carbocycles. The quantitative estimate of drug-likeness (QED) is 0.812. The molecule has 1 aliphatic rings. The number of hydrogen-bond donors (Lipinski definition) is 0. The van der Waals surface area contributed by atoms with Crippen LogP contribution in [0.15, 0.2) is 60.7 Å². The van der Waals surface area contributed by atoms with Crippen LogP contribution in [-0.4, -0.2) is 23.5 Å². The molecule has 3 nitrogen and oxygen atoms in total. The molecule has 1 fully saturated rings. The molecular formula is C20H23NO2. The van der Waals surface area contributed by atoms with Gasteiger partial charge in [0.1, 0.15) is 0 Å². The number of amides is 1. The lowest BCUT2D eigenvalue weighted by molar-refractivity contribution is -0.139. The lowest BCUT2D eigenvalue weighted by Gasteiger charge is -2.35. The minimum absolute atomic E-state index is 0.181. The molecule has 2 aromatic rings. The maximum Gasteiger partial charge on any atom is 0.223 e. The molecule has 0 aliphatic carbocycles. The average Bonchev–Trinajstić information content (AvgIpc) is 2.60. The summed E-state index contributed by atoms with van der Waals surface area (Å²) in [6, 6.07) is 20.5. The zero-order chi connectivity index (χ0) is 15.9. The van der Waals surface area contributed by atoms with Crippen molar-refractivity contribution in [2.45, 2.75) is 38.5 Å². The van der Waals surface area contributed by atoms with Crippen molar-refractivity contribution in [3.63, 3.8) is 0 Å². The Morgan fingerprint density at radius 1 is 0.957 bits per heavy atom. The molecule has 3 heteroatoms. The maximum atomic E-state index is 12.3. The summed E-state index contributed by atoms with van der Waals surface area (Å²) >= 11 is 0. The third-order valence-corrected chi connectivity index (χ3v) is 4.31. The number of piperidine rings is 1. The van der Waals surface area contributed by atoms with Crippen LogP contribution in [0.25, 0.3) is 0 Å². The first-order chi connectivity index (χ1) is 11.3. The van der Waals surface area contributed by atoms with Crippen LogP contribution in [0.5, 0.6) is 0 Å². The van der Waals surface area contributed by atoms with Crippen LogP contribution in [0.4, 0.5) is 0 Å². The molecule has 120 valence electrons. The van der Waals surface area contributed by atoms with Gasteiger partial charge in [0.2, 0.25) is 5.91 Å². The van der Waals surface area contributed by atoms with E-state index in [2.05, 4.69) is 24.3 Å². The molecule has 1 aliphatic heterocycles. The van der Waals surface area contributed by atoms with Crippen LogP contribution in [0.3, 0.4) is 0 Å². The lowest BCUT2D eigenvalue weighted by atomic mass is 10.0. The van der Waals surface area contributed by atoms with E-state index in [1.54, 1.807) is 0 Å². The van der Waals surface area contributed by atoms with E-state index in [0.717, 1.165) is 12.8 Å². The third kappa shape index (κ3) is 4.42. The number of carbonyl (C=O) groups excluding carboxylic acids is 1. The number of hydrogen-bond acceptors (Lipinski definition) is 2. The Morgan fingerprint density at radius 3 is 2.30 bits per heavy atom. The molecule has 1 saturated heterocycles. The highest BCUT2D eigenvalue weighted by Crippen LogP contribution is 2.21. The Kier molecular flexibility index (Phi) is 5.43. The van der Waals surface area contributed by atoms with E-state index >= 15 is 0 Å². The normalized spacial score (nSPS) is 18.2. The molecule has 1 atom stereocenters. The van der Waals surface area contributed by atoms with E-state index in [1.807, 2.05) is 41.3 Å². The fourth-order valence-electron chi connectivity index (χ4n) is 3.05. The highest BCUT2D eigenvalue weighted by Gasteiger charge is 2.28. The van der Waals surface area contributed by atoms with Crippen LogP contribution in [0.2, 0.25) is 0 Å². The van der Waals surface area contributed by atoms with Gasteiger partial charge in [-0.15, -0.1) is 0 Å². The molecule has 1 heterocycles. The molecular weight excluding hydrogens is 286 g/mol. The van der Waals surface area contributed by atoms with Crippen molar-refractivity contribution in [1.82, 2.24) is 4.90 Å². The Morgan fingerprint density at radius 2 is 1.61 bits per heavy atom. The minimum atomic E-state index is 0.181. The Labute approximate surface area is 137 Å². The number of carbonyl (C=O) groups is 1. The zero-order valence-corrected chi connectivity index (χ0v) is 13.4. The van der Waals surface area contributed by atoms with E-state index in [1.165, 1.54) is 11.1 Å². The minimum Gasteiger partial charge on any atom is -0.375 e. The van der Waals surface area contributed by atoms with Crippen LogP contribution in [-0.2, 0) is 22.7 Å². The van der Waals surface area contributed by atoms with E-state index < -0.39 is 0 Å². The number of nitrogens with zero attached hydrogens (tertiary/aromatic N) is 1. The highest BCUT2D eigenvalue weighted by molar-refractivity contribution is 5.77. The van der Waals surface area contributed by atoms with Crippen LogP contribution < -0.4 is 0 Å². The smallest absolute Gasteiger partial charge is 0.223 e. The summed E-state index contributed by atoms with van der Waals surface area (Å²) in [5.74, 6) is 0.244. The van der Waals surface area contributed by atoms with Crippen LogP contribution >= 0.6 is 0 Å². The highest BCUT2D eigenvalue weighted by atomic mass is 16.5. The average molecular weight is 309 g/mol. The van der Waals surface area contributed by atoms with Gasteiger partial charge in [0, 0.05) is 13.0 Å². The van der Waals surface area contributed by atoms with Gasteiger partial charge in [0.25, 0.3) is 0 Å². The summed E-state index contributed by atoms with van der Waals surface area (Å²) < 4.78 is 5.88. The first kappa shape index (κ1) is 15.8. The summed E-state index contributed by atoms with van der Waals surface area (Å²) in [6.45, 7) is 1.89. The van der Waals surface area contributed by atoms with Gasteiger partial charge in [-0.3, -0.25) is 4.79 Å². The monoisotopic (exact) mass is 309 g/mol. The molecule has 0 N–H and O–H groups in total. The lowest BCUT2D eigenvalue weighted by Crippen LogP contribution is -2.45. The second kappa shape index (κ2) is 7.93. The second-order valence-corrected chi connectivity index (χ2v) is 6.05. The Hall–Kier alpha value is -2.13. The van der Waals surface area contributed by atoms with Gasteiger partial charge in [-0.2, -0.15) is 0 Å². The van der Waals surface area contributed by atoms with E-state index in [0.29, 0.717) is 26.2 Å². The molecule has 1 amide bonds. The van der Waals surface area contributed by atoms with Gasteiger partial charge in [0.15, 0.2) is 0 Å². The summed E-state index contributed by atoms with van der Waals surface area (Å²) in [6.07, 6.45) is 2.64. The van der Waals surface area contributed by atoms with Gasteiger partial charge in [0.05, 0.1) is 19.3 Å². The van der Waals surface area contributed by atoms with Gasteiger partial charge < -0.3 is 9.64 Å². The van der Waals surface area contributed by atoms with Crippen molar-refractivity contribution in [1.29, 1.82) is 0 Å². The second-order valence-electron chi connectivity index (χ2n) is 6.05. The number of benzene rings is 2. The zero-order valence-electron chi connectivity index (χ0n) is 13.4. The number of likely N-dealkylation sites (tertiary alicyclic amines) is 1. The predicted molar refractivity (Wildman–Crippen MR) is 90.7 cm³/mol. The van der Waals surface area contributed by atoms with Crippen molar-refractivity contribution in [2.24, 2.45) is 0 Å². The molecule has 0 spiro atoms. The Bertz CT molecular complexity index is 612. The molecule has 0 aromatic heterocycles. The van der Waals surface area contributed by atoms with Gasteiger partial charge in [-0.05, 0) is 24.0 Å². The molecule has 3 rings (SSSR count). The van der Waals surface area contributed by atoms with Crippen molar-refractivity contribution in [3.05, 3.63) is 71.8 Å². The van der Waals surface area contributed by atoms with E-state index in [4.69, 9.17) is 4.74 Å². The summed E-state index contributed by atoms with van der Waals surface area (Å²) in [4.78, 5) is 14.3. The number of rotatable bonds is 6. The van der Waals surface area contributed by atoms with Crippen LogP contribution in [0, 0.1) is 0 Å². The third-order valence-electron chi connectivity index (χ3n) is 4.31.